The molecule has 1 aliphatic carbocycles. The molecule has 3 aromatic rings. The first-order chi connectivity index (χ1) is 17.1. The largest absolute Gasteiger partial charge is 0.449 e. The summed E-state index contributed by atoms with van der Waals surface area (Å²) in [5.74, 6) is -0.632. The minimum absolute atomic E-state index is 0.0612. The molecule has 6 heteroatoms. The Labute approximate surface area is 211 Å². The molecule has 0 spiro atoms. The second-order valence-corrected chi connectivity index (χ2v) is 9.19. The molecule has 0 fully saturated rings. The summed E-state index contributed by atoms with van der Waals surface area (Å²) in [6, 6.07) is 24.9. The van der Waals surface area contributed by atoms with E-state index in [0.717, 1.165) is 40.7 Å². The van der Waals surface area contributed by atoms with Gasteiger partial charge in [0.05, 0.1) is 0 Å². The fourth-order valence-electron chi connectivity index (χ4n) is 4.46. The standard InChI is InChI=1S/C29H30ClNO4/c1-2-3-17-27(30)35-28(32)26(18-20-11-5-4-6-12-20)31-29(33)34-19-25-23-15-9-7-13-21(23)22-14-8-10-16-24(22)25/h4-16,25-27H,2-3,17-19H2,1H3,(H,31,33)/t26-,27?/m1/s1. The molecule has 4 rings (SSSR count). The lowest BCUT2D eigenvalue weighted by atomic mass is 9.98. The molecule has 3 aromatic carbocycles. The third-order valence-corrected chi connectivity index (χ3v) is 6.54. The number of rotatable bonds is 10. The van der Waals surface area contributed by atoms with Crippen molar-refractivity contribution in [1.82, 2.24) is 5.32 Å². The van der Waals surface area contributed by atoms with Crippen LogP contribution in [0.1, 0.15) is 48.8 Å². The van der Waals surface area contributed by atoms with Gasteiger partial charge in [-0.1, -0.05) is 104 Å². The molecular weight excluding hydrogens is 462 g/mol. The minimum Gasteiger partial charge on any atom is -0.449 e. The van der Waals surface area contributed by atoms with Crippen LogP contribution in [0, 0.1) is 0 Å². The summed E-state index contributed by atoms with van der Waals surface area (Å²) >= 11 is 6.19. The van der Waals surface area contributed by atoms with Crippen LogP contribution >= 0.6 is 11.6 Å². The first-order valence-electron chi connectivity index (χ1n) is 12.1. The maximum absolute atomic E-state index is 12.9. The van der Waals surface area contributed by atoms with Crippen LogP contribution < -0.4 is 5.32 Å². The Bertz CT molecular complexity index is 1100. The van der Waals surface area contributed by atoms with Gasteiger partial charge in [0.2, 0.25) is 0 Å². The van der Waals surface area contributed by atoms with Crippen LogP contribution in [0.2, 0.25) is 0 Å². The first-order valence-corrected chi connectivity index (χ1v) is 12.5. The number of benzene rings is 3. The summed E-state index contributed by atoms with van der Waals surface area (Å²) in [5, 5.41) is 2.70. The lowest BCUT2D eigenvalue weighted by Gasteiger charge is -2.21. The minimum atomic E-state index is -0.907. The van der Waals surface area contributed by atoms with Gasteiger partial charge in [0.1, 0.15) is 12.6 Å². The number of ether oxygens (including phenoxy) is 2. The zero-order valence-corrected chi connectivity index (χ0v) is 20.5. The Morgan fingerprint density at radius 3 is 2.14 bits per heavy atom. The van der Waals surface area contributed by atoms with Gasteiger partial charge in [-0.25, -0.2) is 9.59 Å². The van der Waals surface area contributed by atoms with Gasteiger partial charge in [0, 0.05) is 12.3 Å². The maximum Gasteiger partial charge on any atom is 0.407 e. The summed E-state index contributed by atoms with van der Waals surface area (Å²) in [6.45, 7) is 2.21. The smallest absolute Gasteiger partial charge is 0.407 e. The normalized spacial score (nSPS) is 13.9. The molecule has 0 aromatic heterocycles. The fourth-order valence-corrected chi connectivity index (χ4v) is 4.70. The summed E-state index contributed by atoms with van der Waals surface area (Å²) in [7, 11) is 0. The highest BCUT2D eigenvalue weighted by Crippen LogP contribution is 2.44. The van der Waals surface area contributed by atoms with Crippen molar-refractivity contribution in [2.24, 2.45) is 0 Å². The van der Waals surface area contributed by atoms with Crippen molar-refractivity contribution in [3.63, 3.8) is 0 Å². The molecular formula is C29H30ClNO4. The van der Waals surface area contributed by atoms with Crippen molar-refractivity contribution in [2.45, 2.75) is 50.1 Å². The number of esters is 1. The summed E-state index contributed by atoms with van der Waals surface area (Å²) < 4.78 is 11.1. The van der Waals surface area contributed by atoms with Crippen LogP contribution in [0.4, 0.5) is 4.79 Å². The Hall–Kier alpha value is -3.31. The highest BCUT2D eigenvalue weighted by molar-refractivity contribution is 6.20. The Balaban J connectivity index is 1.42. The number of hydrogen-bond acceptors (Lipinski definition) is 4. The van der Waals surface area contributed by atoms with Gasteiger partial charge >= 0.3 is 12.1 Å². The number of carbonyl (C=O) groups is 2. The number of hydrogen-bond donors (Lipinski definition) is 1. The van der Waals surface area contributed by atoms with E-state index in [1.807, 2.05) is 61.5 Å². The van der Waals surface area contributed by atoms with Gasteiger partial charge in [-0.05, 0) is 40.7 Å². The fraction of sp³-hybridized carbons (Fsp3) is 0.310. The molecule has 1 N–H and O–H groups in total. The molecule has 0 saturated heterocycles. The number of halogens is 1. The van der Waals surface area contributed by atoms with Gasteiger partial charge < -0.3 is 14.8 Å². The van der Waals surface area contributed by atoms with Crippen molar-refractivity contribution in [3.8, 4) is 11.1 Å². The molecule has 182 valence electrons. The zero-order chi connectivity index (χ0) is 24.6. The highest BCUT2D eigenvalue weighted by Gasteiger charge is 2.30. The molecule has 2 atom stereocenters. The molecule has 35 heavy (non-hydrogen) atoms. The summed E-state index contributed by atoms with van der Waals surface area (Å²) in [5.41, 5.74) is 4.73. The maximum atomic E-state index is 12.9. The predicted molar refractivity (Wildman–Crippen MR) is 137 cm³/mol. The van der Waals surface area contributed by atoms with Crippen molar-refractivity contribution >= 4 is 23.7 Å². The number of alkyl carbamates (subject to hydrolysis) is 1. The van der Waals surface area contributed by atoms with Crippen molar-refractivity contribution < 1.29 is 19.1 Å². The monoisotopic (exact) mass is 491 g/mol. The molecule has 0 saturated carbocycles. The Morgan fingerprint density at radius 1 is 0.914 bits per heavy atom. The second kappa shape index (κ2) is 11.9. The molecule has 0 bridgehead atoms. The number of unbranched alkanes of at least 4 members (excludes halogenated alkanes) is 1. The number of fused-ring (bicyclic) bond motifs is 3. The topological polar surface area (TPSA) is 64.6 Å². The average molecular weight is 492 g/mol. The first kappa shape index (κ1) is 24.8. The van der Waals surface area contributed by atoms with Crippen LogP contribution in [0.5, 0.6) is 0 Å². The Kier molecular flexibility index (Phi) is 8.43. The van der Waals surface area contributed by atoms with Crippen LogP contribution in [-0.4, -0.2) is 30.3 Å². The number of alkyl halides is 1. The molecule has 0 aliphatic heterocycles. The summed E-state index contributed by atoms with van der Waals surface area (Å²) in [4.78, 5) is 25.7. The van der Waals surface area contributed by atoms with Crippen molar-refractivity contribution in [1.29, 1.82) is 0 Å². The van der Waals surface area contributed by atoms with E-state index in [-0.39, 0.29) is 18.9 Å². The molecule has 1 amide bonds. The van der Waals surface area contributed by atoms with E-state index >= 15 is 0 Å². The van der Waals surface area contributed by atoms with Gasteiger partial charge in [0.25, 0.3) is 0 Å². The quantitative estimate of drug-likeness (QED) is 0.262. The molecule has 0 heterocycles. The zero-order valence-electron chi connectivity index (χ0n) is 19.8. The third kappa shape index (κ3) is 6.23. The lowest BCUT2D eigenvalue weighted by molar-refractivity contribution is -0.148. The van der Waals surface area contributed by atoms with Crippen LogP contribution in [-0.2, 0) is 20.7 Å². The van der Waals surface area contributed by atoms with Crippen LogP contribution in [0.3, 0.4) is 0 Å². The van der Waals surface area contributed by atoms with Gasteiger partial charge in [-0.2, -0.15) is 0 Å². The van der Waals surface area contributed by atoms with Crippen molar-refractivity contribution in [2.75, 3.05) is 6.61 Å². The van der Waals surface area contributed by atoms with E-state index in [4.69, 9.17) is 21.1 Å². The number of carbonyl (C=O) groups excluding carboxylic acids is 2. The average Bonchev–Trinajstić information content (AvgIpc) is 3.20. The van der Waals surface area contributed by atoms with Gasteiger partial charge in [-0.3, -0.25) is 0 Å². The highest BCUT2D eigenvalue weighted by atomic mass is 35.5. The summed E-state index contributed by atoms with van der Waals surface area (Å²) in [6.07, 6.45) is 1.98. The molecule has 5 nitrogen and oxygen atoms in total. The predicted octanol–water partition coefficient (Wildman–Crippen LogP) is 6.43. The second-order valence-electron chi connectivity index (χ2n) is 8.70. The number of nitrogens with one attached hydrogen (secondary N) is 1. The van der Waals surface area contributed by atoms with E-state index in [9.17, 15) is 9.59 Å². The van der Waals surface area contributed by atoms with E-state index in [1.165, 1.54) is 0 Å². The molecule has 1 aliphatic rings. The molecule has 0 radical (unpaired) electrons. The SMILES string of the molecule is CCCCC(Cl)OC(=O)[C@@H](Cc1ccccc1)NC(=O)OCC1c2ccccc2-c2ccccc21. The third-order valence-electron chi connectivity index (χ3n) is 6.23. The van der Waals surface area contributed by atoms with Gasteiger partial charge in [-0.15, -0.1) is 0 Å². The van der Waals surface area contributed by atoms with E-state index in [2.05, 4.69) is 29.6 Å². The Morgan fingerprint density at radius 2 is 1.51 bits per heavy atom. The van der Waals surface area contributed by atoms with E-state index in [1.54, 1.807) is 0 Å². The van der Waals surface area contributed by atoms with Gasteiger partial charge in [0.15, 0.2) is 5.56 Å². The van der Waals surface area contributed by atoms with E-state index in [0.29, 0.717) is 6.42 Å². The molecule has 1 unspecified atom stereocenters. The van der Waals surface area contributed by atoms with Crippen LogP contribution in [0.15, 0.2) is 78.9 Å². The van der Waals surface area contributed by atoms with Crippen LogP contribution in [0.25, 0.3) is 11.1 Å². The van der Waals surface area contributed by atoms with E-state index < -0.39 is 23.7 Å². The lowest BCUT2D eigenvalue weighted by Crippen LogP contribution is -2.44. The number of amides is 1. The van der Waals surface area contributed by atoms with Crippen molar-refractivity contribution in [3.05, 3.63) is 95.6 Å².